The lowest BCUT2D eigenvalue weighted by Crippen LogP contribution is -2.52. The molecule has 3 atom stereocenters. The van der Waals surface area contributed by atoms with Crippen molar-refractivity contribution in [1.29, 1.82) is 0 Å². The summed E-state index contributed by atoms with van der Waals surface area (Å²) in [5.74, 6) is -0.295. The van der Waals surface area contributed by atoms with Gasteiger partial charge in [-0.2, -0.15) is 0 Å². The fourth-order valence-electron chi connectivity index (χ4n) is 6.64. The van der Waals surface area contributed by atoms with E-state index in [4.69, 9.17) is 9.16 Å². The van der Waals surface area contributed by atoms with Crippen LogP contribution < -0.4 is 0 Å². The van der Waals surface area contributed by atoms with Crippen molar-refractivity contribution in [3.8, 4) is 0 Å². The maximum Gasteiger partial charge on any atom is 0.346 e. The number of esters is 2. The first-order chi connectivity index (χ1) is 14.1. The highest BCUT2D eigenvalue weighted by atomic mass is 28.4. The summed E-state index contributed by atoms with van der Waals surface area (Å²) in [5, 5.41) is 0. The van der Waals surface area contributed by atoms with E-state index < -0.39 is 20.3 Å². The van der Waals surface area contributed by atoms with Crippen LogP contribution in [-0.2, 0) is 18.8 Å². The smallest absolute Gasteiger partial charge is 0.346 e. The molecule has 5 heteroatoms. The van der Waals surface area contributed by atoms with Gasteiger partial charge in [-0.3, -0.25) is 0 Å². The van der Waals surface area contributed by atoms with Crippen LogP contribution in [0.3, 0.4) is 0 Å². The third-order valence-corrected chi connectivity index (χ3v) is 14.1. The highest BCUT2D eigenvalue weighted by Crippen LogP contribution is 2.49. The molecule has 3 rings (SSSR count). The molecule has 0 N–H and O–H groups in total. The normalized spacial score (nSPS) is 28.4. The van der Waals surface area contributed by atoms with Gasteiger partial charge in [-0.1, -0.05) is 67.4 Å². The van der Waals surface area contributed by atoms with Crippen molar-refractivity contribution in [3.63, 3.8) is 0 Å². The summed E-state index contributed by atoms with van der Waals surface area (Å²) in [6, 6.07) is 0. The number of fused-ring (bicyclic) bond motifs is 1. The van der Waals surface area contributed by atoms with Gasteiger partial charge < -0.3 is 9.16 Å². The second-order valence-electron chi connectivity index (χ2n) is 10.6. The Morgan fingerprint density at radius 2 is 1.50 bits per heavy atom. The van der Waals surface area contributed by atoms with E-state index >= 15 is 0 Å². The molecule has 2 unspecified atom stereocenters. The Morgan fingerprint density at radius 1 is 0.900 bits per heavy atom. The first kappa shape index (κ1) is 23.5. The molecule has 0 radical (unpaired) electrons. The van der Waals surface area contributed by atoms with Crippen molar-refractivity contribution in [3.05, 3.63) is 23.3 Å². The van der Waals surface area contributed by atoms with Crippen molar-refractivity contribution in [2.75, 3.05) is 0 Å². The van der Waals surface area contributed by atoms with E-state index in [9.17, 15) is 9.59 Å². The maximum absolute atomic E-state index is 12.4. The van der Waals surface area contributed by atoms with Crippen molar-refractivity contribution in [2.24, 2.45) is 11.8 Å². The average molecular weight is 433 g/mol. The van der Waals surface area contributed by atoms with Gasteiger partial charge in [0.1, 0.15) is 0 Å². The van der Waals surface area contributed by atoms with Crippen LogP contribution in [0.4, 0.5) is 0 Å². The predicted molar refractivity (Wildman–Crippen MR) is 122 cm³/mol. The summed E-state index contributed by atoms with van der Waals surface area (Å²) < 4.78 is 12.3. The lowest BCUT2D eigenvalue weighted by Gasteiger charge is -2.48. The molecular formula is C25H40O4Si. The first-order valence-electron chi connectivity index (χ1n) is 11.9. The van der Waals surface area contributed by atoms with Crippen LogP contribution in [-0.4, -0.2) is 26.4 Å². The van der Waals surface area contributed by atoms with Gasteiger partial charge in [-0.15, -0.1) is 0 Å². The second-order valence-corrected chi connectivity index (χ2v) is 16.0. The molecule has 2 aliphatic carbocycles. The van der Waals surface area contributed by atoms with E-state index in [0.717, 1.165) is 24.8 Å². The van der Waals surface area contributed by atoms with E-state index in [0.29, 0.717) is 46.0 Å². The van der Waals surface area contributed by atoms with Crippen LogP contribution in [0.5, 0.6) is 0 Å². The minimum Gasteiger partial charge on any atom is -0.413 e. The van der Waals surface area contributed by atoms with Gasteiger partial charge in [0.15, 0.2) is 0 Å². The zero-order chi connectivity index (χ0) is 22.2. The number of ether oxygens (including phenoxy) is 1. The standard InChI is InChI=1S/C25H40O4Si/c1-15(2)30(16(3)4,17(5)6)29-22-12-10-8-9-11-19-14-21-23(18(7)13-20(19)22)25(27)28-24(21)26/h15-17,19-20,22H,7-14H2,1-6H3/t19-,20?,22?/m1/s1. The van der Waals surface area contributed by atoms with Crippen LogP contribution in [0.2, 0.25) is 16.6 Å². The molecule has 0 aromatic rings. The summed E-state index contributed by atoms with van der Waals surface area (Å²) in [7, 11) is -2.03. The Morgan fingerprint density at radius 3 is 2.10 bits per heavy atom. The van der Waals surface area contributed by atoms with Gasteiger partial charge in [-0.05, 0) is 59.7 Å². The Balaban J connectivity index is 1.97. The van der Waals surface area contributed by atoms with Gasteiger partial charge in [-0.25, -0.2) is 9.59 Å². The minimum absolute atomic E-state index is 0.178. The predicted octanol–water partition coefficient (Wildman–Crippen LogP) is 6.47. The number of hydrogen-bond donors (Lipinski definition) is 0. The van der Waals surface area contributed by atoms with E-state index in [-0.39, 0.29) is 6.10 Å². The molecule has 4 nitrogen and oxygen atoms in total. The molecule has 1 fully saturated rings. The molecule has 30 heavy (non-hydrogen) atoms. The van der Waals surface area contributed by atoms with E-state index in [1.807, 2.05) is 0 Å². The summed E-state index contributed by atoms with van der Waals surface area (Å²) in [4.78, 5) is 24.7. The number of carbonyl (C=O) groups excluding carboxylic acids is 2. The van der Waals surface area contributed by atoms with Crippen LogP contribution in [0.1, 0.15) is 86.5 Å². The zero-order valence-corrected chi connectivity index (χ0v) is 20.8. The largest absolute Gasteiger partial charge is 0.413 e. The van der Waals surface area contributed by atoms with Crippen LogP contribution in [0, 0.1) is 11.8 Å². The van der Waals surface area contributed by atoms with E-state index in [1.165, 1.54) is 19.3 Å². The average Bonchev–Trinajstić information content (AvgIpc) is 2.82. The van der Waals surface area contributed by atoms with Crippen LogP contribution in [0.25, 0.3) is 0 Å². The zero-order valence-electron chi connectivity index (χ0n) is 19.8. The Kier molecular flexibility index (Phi) is 7.13. The SMILES string of the molecule is C=C1CC2C(O[Si](C(C)C)(C(C)C)C(C)C)CCCCC[C@@H]2CC2=C1C(=O)OC2=O. The van der Waals surface area contributed by atoms with Gasteiger partial charge in [0.25, 0.3) is 0 Å². The highest BCUT2D eigenvalue weighted by molar-refractivity contribution is 6.77. The Bertz CT molecular complexity index is 712. The molecule has 0 amide bonds. The van der Waals surface area contributed by atoms with Gasteiger partial charge >= 0.3 is 11.9 Å². The molecule has 1 aliphatic heterocycles. The molecule has 1 saturated carbocycles. The van der Waals surface area contributed by atoms with Crippen molar-refractivity contribution in [1.82, 2.24) is 0 Å². The van der Waals surface area contributed by atoms with Crippen LogP contribution >= 0.6 is 0 Å². The van der Waals surface area contributed by atoms with Crippen molar-refractivity contribution in [2.45, 2.75) is 109 Å². The Labute approximate surface area is 183 Å². The quantitative estimate of drug-likeness (QED) is 0.284. The minimum atomic E-state index is -2.03. The number of carbonyl (C=O) groups is 2. The molecule has 0 saturated heterocycles. The molecule has 0 spiro atoms. The maximum atomic E-state index is 12.4. The van der Waals surface area contributed by atoms with E-state index in [2.05, 4.69) is 48.1 Å². The molecule has 0 aromatic heterocycles. The fraction of sp³-hybridized carbons (Fsp3) is 0.760. The fourth-order valence-corrected chi connectivity index (χ4v) is 12.3. The third-order valence-electron chi connectivity index (χ3n) is 7.95. The van der Waals surface area contributed by atoms with Crippen molar-refractivity contribution >= 4 is 20.3 Å². The summed E-state index contributed by atoms with van der Waals surface area (Å²) in [6.07, 6.45) is 7.25. The number of rotatable bonds is 5. The summed E-state index contributed by atoms with van der Waals surface area (Å²) in [5.41, 5.74) is 3.41. The number of hydrogen-bond acceptors (Lipinski definition) is 4. The van der Waals surface area contributed by atoms with Gasteiger partial charge in [0.05, 0.1) is 11.1 Å². The highest BCUT2D eigenvalue weighted by Gasteiger charge is 2.49. The summed E-state index contributed by atoms with van der Waals surface area (Å²) >= 11 is 0. The lowest BCUT2D eigenvalue weighted by atomic mass is 9.76. The topological polar surface area (TPSA) is 52.6 Å². The van der Waals surface area contributed by atoms with Gasteiger partial charge in [0, 0.05) is 6.10 Å². The van der Waals surface area contributed by atoms with Crippen molar-refractivity contribution < 1.29 is 18.8 Å². The molecule has 168 valence electrons. The Hall–Kier alpha value is -1.20. The summed E-state index contributed by atoms with van der Waals surface area (Å²) in [6.45, 7) is 18.2. The van der Waals surface area contributed by atoms with Crippen LogP contribution in [0.15, 0.2) is 23.3 Å². The first-order valence-corrected chi connectivity index (χ1v) is 14.1. The number of cyclic esters (lactones) is 2. The third kappa shape index (κ3) is 4.12. The molecular weight excluding hydrogens is 392 g/mol. The molecule has 0 aromatic carbocycles. The molecule has 1 heterocycles. The van der Waals surface area contributed by atoms with E-state index in [1.54, 1.807) is 0 Å². The molecule has 0 bridgehead atoms. The lowest BCUT2D eigenvalue weighted by molar-refractivity contribution is -0.151. The second kappa shape index (κ2) is 9.11. The molecule has 3 aliphatic rings. The van der Waals surface area contributed by atoms with Gasteiger partial charge in [0.2, 0.25) is 8.32 Å². The monoisotopic (exact) mass is 432 g/mol.